The maximum Gasteiger partial charge on any atom is 0.573 e. The molecule has 0 saturated heterocycles. The fourth-order valence-electron chi connectivity index (χ4n) is 7.21. The molecule has 40 heavy (non-hydrogen) atoms. The van der Waals surface area contributed by atoms with E-state index in [2.05, 4.69) is 11.7 Å². The zero-order valence-corrected chi connectivity index (χ0v) is 22.6. The molecule has 0 radical (unpaired) electrons. The SMILES string of the molecule is CC1CCC(C2CCC(c3cc(F)c(C4=CCC(c5cc(F)c(OC(F)(F)F)c(F)c5)CC4)c(F)c3)CC2)CC1. The molecule has 0 bridgehead atoms. The molecule has 0 amide bonds. The molecule has 2 saturated carbocycles. The quantitative estimate of drug-likeness (QED) is 0.326. The minimum absolute atomic E-state index is 0.0708. The summed E-state index contributed by atoms with van der Waals surface area (Å²) in [5.41, 5.74) is 1.30. The minimum atomic E-state index is -5.22. The summed E-state index contributed by atoms with van der Waals surface area (Å²) in [5.74, 6) is -3.53. The monoisotopic (exact) mass is 568 g/mol. The van der Waals surface area contributed by atoms with Crippen LogP contribution in [-0.4, -0.2) is 6.36 Å². The molecule has 0 aromatic heterocycles. The lowest BCUT2D eigenvalue weighted by Gasteiger charge is -2.37. The average molecular weight is 569 g/mol. The van der Waals surface area contributed by atoms with Gasteiger partial charge in [-0.15, -0.1) is 13.2 Å². The molecular formula is C32H35F7O. The molecule has 2 aromatic rings. The summed E-state index contributed by atoms with van der Waals surface area (Å²) in [7, 11) is 0. The lowest BCUT2D eigenvalue weighted by atomic mass is 9.68. The Morgan fingerprint density at radius 3 is 1.65 bits per heavy atom. The number of allylic oxidation sites excluding steroid dienone is 2. The summed E-state index contributed by atoms with van der Waals surface area (Å²) in [6.07, 6.45) is 6.59. The van der Waals surface area contributed by atoms with E-state index in [1.165, 1.54) is 37.8 Å². The second-order valence-corrected chi connectivity index (χ2v) is 12.1. The molecule has 3 aliphatic carbocycles. The third kappa shape index (κ3) is 6.52. The highest BCUT2D eigenvalue weighted by Gasteiger charge is 2.35. The second-order valence-electron chi connectivity index (χ2n) is 12.1. The number of halogens is 7. The first-order valence-electron chi connectivity index (χ1n) is 14.4. The van der Waals surface area contributed by atoms with Crippen molar-refractivity contribution in [1.82, 2.24) is 0 Å². The summed E-state index contributed by atoms with van der Waals surface area (Å²) in [6.45, 7) is 2.32. The molecule has 2 fully saturated rings. The van der Waals surface area contributed by atoms with E-state index >= 15 is 8.78 Å². The van der Waals surface area contributed by atoms with Crippen molar-refractivity contribution in [3.63, 3.8) is 0 Å². The van der Waals surface area contributed by atoms with Crippen LogP contribution in [-0.2, 0) is 0 Å². The van der Waals surface area contributed by atoms with E-state index in [1.54, 1.807) is 6.08 Å². The predicted octanol–water partition coefficient (Wildman–Crippen LogP) is 10.6. The van der Waals surface area contributed by atoms with Gasteiger partial charge in [0.05, 0.1) is 0 Å². The third-order valence-corrected chi connectivity index (χ3v) is 9.48. The lowest BCUT2D eigenvalue weighted by molar-refractivity contribution is -0.276. The summed E-state index contributed by atoms with van der Waals surface area (Å²) < 4.78 is 99.7. The fourth-order valence-corrected chi connectivity index (χ4v) is 7.21. The van der Waals surface area contributed by atoms with Gasteiger partial charge in [0.2, 0.25) is 5.75 Å². The van der Waals surface area contributed by atoms with Crippen LogP contribution in [0.5, 0.6) is 5.75 Å². The van der Waals surface area contributed by atoms with E-state index in [0.717, 1.165) is 49.7 Å². The van der Waals surface area contributed by atoms with Crippen molar-refractivity contribution < 1.29 is 35.5 Å². The molecule has 0 N–H and O–H groups in total. The minimum Gasteiger partial charge on any atom is -0.399 e. The lowest BCUT2D eigenvalue weighted by Crippen LogP contribution is -2.24. The molecule has 3 aliphatic rings. The summed E-state index contributed by atoms with van der Waals surface area (Å²) >= 11 is 0. The molecule has 5 rings (SSSR count). The molecule has 1 atom stereocenters. The van der Waals surface area contributed by atoms with Crippen LogP contribution in [0, 0.1) is 41.0 Å². The molecule has 8 heteroatoms. The molecule has 218 valence electrons. The van der Waals surface area contributed by atoms with Gasteiger partial charge >= 0.3 is 6.36 Å². The maximum atomic E-state index is 15.3. The highest BCUT2D eigenvalue weighted by atomic mass is 19.4. The van der Waals surface area contributed by atoms with E-state index in [9.17, 15) is 22.0 Å². The zero-order valence-electron chi connectivity index (χ0n) is 22.6. The Labute approximate surface area is 230 Å². The topological polar surface area (TPSA) is 9.23 Å². The Morgan fingerprint density at radius 1 is 0.650 bits per heavy atom. The maximum absolute atomic E-state index is 15.3. The van der Waals surface area contributed by atoms with Gasteiger partial charge < -0.3 is 4.74 Å². The summed E-state index contributed by atoms with van der Waals surface area (Å²) in [4.78, 5) is 0. The standard InChI is InChI=1S/C32H35F7O/c1-18-2-4-19(5-3-18)20-6-8-21(9-7-20)24-14-26(33)30(27(34)15-24)23-12-10-22(11-13-23)25-16-28(35)31(29(36)17-25)40-32(37,38)39/h12,14-22H,2-11,13H2,1H3. The number of benzene rings is 2. The highest BCUT2D eigenvalue weighted by Crippen LogP contribution is 2.45. The van der Waals surface area contributed by atoms with Gasteiger partial charge in [-0.3, -0.25) is 0 Å². The normalized spacial score (nSPS) is 27.8. The average Bonchev–Trinajstić information content (AvgIpc) is 2.91. The fraction of sp³-hybridized carbons (Fsp3) is 0.562. The van der Waals surface area contributed by atoms with Gasteiger partial charge in [-0.2, -0.15) is 0 Å². The molecule has 1 nitrogen and oxygen atoms in total. The van der Waals surface area contributed by atoms with Crippen molar-refractivity contribution in [3.05, 3.63) is 70.3 Å². The van der Waals surface area contributed by atoms with Crippen molar-refractivity contribution in [2.24, 2.45) is 17.8 Å². The van der Waals surface area contributed by atoms with Crippen LogP contribution in [0.4, 0.5) is 30.7 Å². The number of hydrogen-bond acceptors (Lipinski definition) is 1. The van der Waals surface area contributed by atoms with Crippen molar-refractivity contribution in [2.45, 2.75) is 95.8 Å². The van der Waals surface area contributed by atoms with Crippen molar-refractivity contribution in [3.8, 4) is 5.75 Å². The Hall–Kier alpha value is -2.51. The first-order valence-corrected chi connectivity index (χ1v) is 14.4. The second kappa shape index (κ2) is 11.8. The number of ether oxygens (including phenoxy) is 1. The first-order chi connectivity index (χ1) is 19.0. The molecule has 0 aliphatic heterocycles. The van der Waals surface area contributed by atoms with Gasteiger partial charge in [-0.05, 0) is 128 Å². The Kier molecular flexibility index (Phi) is 8.53. The molecular weight excluding hydrogens is 533 g/mol. The van der Waals surface area contributed by atoms with Crippen LogP contribution < -0.4 is 4.74 Å². The van der Waals surface area contributed by atoms with Crippen LogP contribution in [0.25, 0.3) is 5.57 Å². The Bertz CT molecular complexity index is 1190. The summed E-state index contributed by atoms with van der Waals surface area (Å²) in [6, 6.07) is 4.58. The van der Waals surface area contributed by atoms with Gasteiger partial charge in [-0.1, -0.05) is 25.8 Å². The number of rotatable bonds is 5. The molecule has 2 aromatic carbocycles. The molecule has 0 spiro atoms. The number of hydrogen-bond donors (Lipinski definition) is 0. The van der Waals surface area contributed by atoms with Crippen LogP contribution in [0.2, 0.25) is 0 Å². The molecule has 1 unspecified atom stereocenters. The largest absolute Gasteiger partial charge is 0.573 e. The van der Waals surface area contributed by atoms with E-state index in [4.69, 9.17) is 0 Å². The molecule has 0 heterocycles. The highest BCUT2D eigenvalue weighted by molar-refractivity contribution is 5.68. The van der Waals surface area contributed by atoms with Gasteiger partial charge in [0, 0.05) is 5.56 Å². The Balaban J connectivity index is 1.24. The predicted molar refractivity (Wildman–Crippen MR) is 140 cm³/mol. The van der Waals surface area contributed by atoms with Crippen LogP contribution in [0.15, 0.2) is 30.3 Å². The van der Waals surface area contributed by atoms with Crippen molar-refractivity contribution in [2.75, 3.05) is 0 Å². The Morgan fingerprint density at radius 2 is 1.15 bits per heavy atom. The van der Waals surface area contributed by atoms with Crippen LogP contribution >= 0.6 is 0 Å². The third-order valence-electron chi connectivity index (χ3n) is 9.48. The van der Waals surface area contributed by atoms with Crippen LogP contribution in [0.3, 0.4) is 0 Å². The van der Waals surface area contributed by atoms with E-state index in [1.807, 2.05) is 0 Å². The van der Waals surface area contributed by atoms with E-state index in [-0.39, 0.29) is 29.9 Å². The summed E-state index contributed by atoms with van der Waals surface area (Å²) in [5, 5.41) is 0. The smallest absolute Gasteiger partial charge is 0.399 e. The van der Waals surface area contributed by atoms with Gasteiger partial charge in [0.15, 0.2) is 11.6 Å². The van der Waals surface area contributed by atoms with Gasteiger partial charge in [0.1, 0.15) is 11.6 Å². The van der Waals surface area contributed by atoms with Crippen molar-refractivity contribution >= 4 is 5.57 Å². The van der Waals surface area contributed by atoms with Crippen LogP contribution in [0.1, 0.15) is 106 Å². The van der Waals surface area contributed by atoms with Crippen molar-refractivity contribution in [1.29, 1.82) is 0 Å². The zero-order chi connectivity index (χ0) is 28.6. The number of alkyl halides is 3. The van der Waals surface area contributed by atoms with E-state index < -0.39 is 41.3 Å². The first kappa shape index (κ1) is 29.0. The van der Waals surface area contributed by atoms with Gasteiger partial charge in [0.25, 0.3) is 0 Å². The van der Waals surface area contributed by atoms with Gasteiger partial charge in [-0.25, -0.2) is 17.6 Å². The van der Waals surface area contributed by atoms with E-state index in [0.29, 0.717) is 23.5 Å².